The average molecular weight is 341 g/mol. The number of nitrogens with zero attached hydrogens (tertiary/aromatic N) is 1. The molecule has 0 radical (unpaired) electrons. The molecule has 0 saturated carbocycles. The Hall–Kier alpha value is -1.76. The molecule has 0 aromatic heterocycles. The first-order valence-corrected chi connectivity index (χ1v) is 8.37. The van der Waals surface area contributed by atoms with Crippen molar-refractivity contribution < 1.29 is 18.0 Å². The number of amides is 1. The number of rotatable bonds is 4. The van der Waals surface area contributed by atoms with Crippen molar-refractivity contribution in [2.45, 2.75) is 38.4 Å². The van der Waals surface area contributed by atoms with Crippen LogP contribution in [0.25, 0.3) is 0 Å². The molecule has 1 aromatic rings. The smallest absolute Gasteiger partial charge is 0.369 e. The van der Waals surface area contributed by atoms with Crippen LogP contribution in [0.3, 0.4) is 0 Å². The van der Waals surface area contributed by atoms with Crippen LogP contribution >= 0.6 is 0 Å². The minimum Gasteiger partial charge on any atom is -0.369 e. The van der Waals surface area contributed by atoms with Gasteiger partial charge in [-0.15, -0.1) is 0 Å². The van der Waals surface area contributed by atoms with Gasteiger partial charge in [0.2, 0.25) is 0 Å². The van der Waals surface area contributed by atoms with Crippen molar-refractivity contribution in [1.29, 1.82) is 0 Å². The first kappa shape index (κ1) is 17.1. The van der Waals surface area contributed by atoms with E-state index in [1.54, 1.807) is 6.07 Å². The topological polar surface area (TPSA) is 44.4 Å². The summed E-state index contributed by atoms with van der Waals surface area (Å²) in [6, 6.07) is 3.54. The third kappa shape index (κ3) is 3.36. The standard InChI is InChI=1S/C17H22F3N3O/c1-2-5-22-16(24)13-4-3-11-9-21-6-7-23-10-12(8-17(18,19)20)14(13)15(11)23/h3-4,12,21H,2,5-10H2,1H3,(H,22,24)/t12-/m1/s1. The maximum Gasteiger partial charge on any atom is 0.389 e. The molecule has 0 spiro atoms. The van der Waals surface area contributed by atoms with E-state index in [0.29, 0.717) is 37.3 Å². The third-order valence-corrected chi connectivity index (χ3v) is 4.60. The number of anilines is 1. The van der Waals surface area contributed by atoms with E-state index in [1.807, 2.05) is 17.9 Å². The summed E-state index contributed by atoms with van der Waals surface area (Å²) in [6.45, 7) is 4.79. The normalized spacial score (nSPS) is 19.8. The van der Waals surface area contributed by atoms with Crippen molar-refractivity contribution in [3.63, 3.8) is 0 Å². The maximum absolute atomic E-state index is 13.0. The summed E-state index contributed by atoms with van der Waals surface area (Å²) in [5, 5.41) is 6.07. The molecule has 2 aliphatic heterocycles. The molecule has 3 rings (SSSR count). The van der Waals surface area contributed by atoms with Crippen LogP contribution in [0.2, 0.25) is 0 Å². The zero-order valence-corrected chi connectivity index (χ0v) is 13.7. The van der Waals surface area contributed by atoms with Gasteiger partial charge >= 0.3 is 6.18 Å². The molecule has 2 N–H and O–H groups in total. The van der Waals surface area contributed by atoms with Crippen LogP contribution in [-0.2, 0) is 6.54 Å². The molecule has 1 aromatic carbocycles. The van der Waals surface area contributed by atoms with Crippen molar-refractivity contribution in [1.82, 2.24) is 10.6 Å². The number of nitrogens with one attached hydrogen (secondary N) is 2. The van der Waals surface area contributed by atoms with Gasteiger partial charge in [-0.2, -0.15) is 13.2 Å². The van der Waals surface area contributed by atoms with E-state index in [0.717, 1.165) is 24.2 Å². The summed E-state index contributed by atoms with van der Waals surface area (Å²) in [7, 11) is 0. The van der Waals surface area contributed by atoms with Crippen molar-refractivity contribution in [2.75, 3.05) is 31.1 Å². The van der Waals surface area contributed by atoms with Crippen molar-refractivity contribution in [2.24, 2.45) is 0 Å². The fourth-order valence-electron chi connectivity index (χ4n) is 3.65. The lowest BCUT2D eigenvalue weighted by atomic mass is 9.90. The predicted molar refractivity (Wildman–Crippen MR) is 86.4 cm³/mol. The Labute approximate surface area is 139 Å². The van der Waals surface area contributed by atoms with Gasteiger partial charge in [-0.1, -0.05) is 13.0 Å². The SMILES string of the molecule is CCCNC(=O)c1ccc2c3c1[C@H](CC(F)(F)F)CN3CCNC2. The summed E-state index contributed by atoms with van der Waals surface area (Å²) >= 11 is 0. The van der Waals surface area contributed by atoms with E-state index in [9.17, 15) is 18.0 Å². The lowest BCUT2D eigenvalue weighted by Gasteiger charge is -2.19. The highest BCUT2D eigenvalue weighted by Gasteiger charge is 2.41. The highest BCUT2D eigenvalue weighted by molar-refractivity contribution is 5.98. The van der Waals surface area contributed by atoms with Crippen molar-refractivity contribution >= 4 is 11.6 Å². The zero-order chi connectivity index (χ0) is 17.3. The third-order valence-electron chi connectivity index (χ3n) is 4.60. The molecule has 1 amide bonds. The monoisotopic (exact) mass is 341 g/mol. The molecule has 0 unspecified atom stereocenters. The highest BCUT2D eigenvalue weighted by atomic mass is 19.4. The summed E-state index contributed by atoms with van der Waals surface area (Å²) in [6.07, 6.45) is -4.34. The lowest BCUT2D eigenvalue weighted by Crippen LogP contribution is -2.29. The molecule has 4 nitrogen and oxygen atoms in total. The molecule has 0 saturated heterocycles. The summed E-state index contributed by atoms with van der Waals surface area (Å²) in [5.41, 5.74) is 2.76. The quantitative estimate of drug-likeness (QED) is 0.885. The number of carbonyl (C=O) groups excluding carboxylic acids is 1. The van der Waals surface area contributed by atoms with Gasteiger partial charge < -0.3 is 15.5 Å². The van der Waals surface area contributed by atoms with Gasteiger partial charge in [-0.05, 0) is 23.6 Å². The van der Waals surface area contributed by atoms with E-state index in [4.69, 9.17) is 0 Å². The number of halogens is 3. The molecule has 0 aliphatic carbocycles. The number of alkyl halides is 3. The second-order valence-corrected chi connectivity index (χ2v) is 6.43. The van der Waals surface area contributed by atoms with Crippen LogP contribution in [0.4, 0.5) is 18.9 Å². The summed E-state index contributed by atoms with van der Waals surface area (Å²) < 4.78 is 39.1. The Bertz CT molecular complexity index is 630. The van der Waals surface area contributed by atoms with E-state index >= 15 is 0 Å². The maximum atomic E-state index is 13.0. The van der Waals surface area contributed by atoms with Gasteiger partial charge in [0, 0.05) is 49.9 Å². The molecule has 0 fully saturated rings. The average Bonchev–Trinajstić information content (AvgIpc) is 2.73. The molecule has 0 bridgehead atoms. The van der Waals surface area contributed by atoms with Crippen LogP contribution in [-0.4, -0.2) is 38.3 Å². The van der Waals surface area contributed by atoms with Crippen LogP contribution in [0, 0.1) is 0 Å². The van der Waals surface area contributed by atoms with Crippen LogP contribution in [0.1, 0.15) is 47.2 Å². The molecular weight excluding hydrogens is 319 g/mol. The van der Waals surface area contributed by atoms with Crippen LogP contribution in [0.15, 0.2) is 12.1 Å². The Balaban J connectivity index is 2.04. The van der Waals surface area contributed by atoms with E-state index in [1.165, 1.54) is 0 Å². The summed E-state index contributed by atoms with van der Waals surface area (Å²) in [5.74, 6) is -0.957. The molecular formula is C17H22F3N3O. The van der Waals surface area contributed by atoms with Gasteiger partial charge in [0.05, 0.1) is 6.42 Å². The largest absolute Gasteiger partial charge is 0.389 e. The van der Waals surface area contributed by atoms with E-state index in [2.05, 4.69) is 10.6 Å². The molecule has 24 heavy (non-hydrogen) atoms. The number of benzene rings is 1. The fourth-order valence-corrected chi connectivity index (χ4v) is 3.65. The number of carbonyl (C=O) groups is 1. The van der Waals surface area contributed by atoms with Gasteiger partial charge in [-0.25, -0.2) is 0 Å². The predicted octanol–water partition coefficient (Wildman–Crippen LogP) is 2.79. The Morgan fingerprint density at radius 1 is 1.42 bits per heavy atom. The number of hydrogen-bond donors (Lipinski definition) is 2. The lowest BCUT2D eigenvalue weighted by molar-refractivity contribution is -0.138. The molecule has 1 atom stereocenters. The Morgan fingerprint density at radius 3 is 2.92 bits per heavy atom. The van der Waals surface area contributed by atoms with E-state index < -0.39 is 18.5 Å². The molecule has 132 valence electrons. The minimum atomic E-state index is -4.24. The zero-order valence-electron chi connectivity index (χ0n) is 13.7. The van der Waals surface area contributed by atoms with Crippen LogP contribution in [0.5, 0.6) is 0 Å². The first-order chi connectivity index (χ1) is 11.4. The van der Waals surface area contributed by atoms with E-state index in [-0.39, 0.29) is 5.91 Å². The second kappa shape index (κ2) is 6.63. The highest BCUT2D eigenvalue weighted by Crippen LogP contribution is 2.46. The number of hydrogen-bond acceptors (Lipinski definition) is 3. The molecule has 2 heterocycles. The van der Waals surface area contributed by atoms with Crippen molar-refractivity contribution in [3.05, 3.63) is 28.8 Å². The first-order valence-electron chi connectivity index (χ1n) is 8.37. The second-order valence-electron chi connectivity index (χ2n) is 6.43. The molecule has 7 heteroatoms. The van der Waals surface area contributed by atoms with Gasteiger partial charge in [0.25, 0.3) is 5.91 Å². The Kier molecular flexibility index (Phi) is 4.71. The van der Waals surface area contributed by atoms with Gasteiger partial charge in [-0.3, -0.25) is 4.79 Å². The van der Waals surface area contributed by atoms with Gasteiger partial charge in [0.15, 0.2) is 0 Å². The van der Waals surface area contributed by atoms with Crippen molar-refractivity contribution in [3.8, 4) is 0 Å². The molecule has 2 aliphatic rings. The Morgan fingerprint density at radius 2 is 2.21 bits per heavy atom. The van der Waals surface area contributed by atoms with Gasteiger partial charge in [0.1, 0.15) is 0 Å². The fraction of sp³-hybridized carbons (Fsp3) is 0.588. The summed E-state index contributed by atoms with van der Waals surface area (Å²) in [4.78, 5) is 14.5. The van der Waals surface area contributed by atoms with Crippen LogP contribution < -0.4 is 15.5 Å². The minimum absolute atomic E-state index is 0.277.